The molecule has 0 heterocycles. The van der Waals surface area contributed by atoms with Crippen LogP contribution in [0.25, 0.3) is 0 Å². The van der Waals surface area contributed by atoms with E-state index in [0.29, 0.717) is 11.4 Å². The van der Waals surface area contributed by atoms with Gasteiger partial charge in [-0.05, 0) is 18.2 Å². The van der Waals surface area contributed by atoms with Gasteiger partial charge in [-0.1, -0.05) is 30.3 Å². The summed E-state index contributed by atoms with van der Waals surface area (Å²) in [4.78, 5) is 11.4. The third kappa shape index (κ3) is 2.88. The number of halogens is 1. The van der Waals surface area contributed by atoms with Crippen molar-refractivity contribution in [2.24, 2.45) is 0 Å². The van der Waals surface area contributed by atoms with Gasteiger partial charge >= 0.3 is 5.97 Å². The highest BCUT2D eigenvalue weighted by Crippen LogP contribution is 2.28. The van der Waals surface area contributed by atoms with Crippen molar-refractivity contribution in [1.82, 2.24) is 0 Å². The van der Waals surface area contributed by atoms with Crippen molar-refractivity contribution in [3.05, 3.63) is 59.9 Å². The zero-order valence-electron chi connectivity index (χ0n) is 10.8. The average molecular weight is 275 g/mol. The Kier molecular flexibility index (Phi) is 4.20. The van der Waals surface area contributed by atoms with Crippen molar-refractivity contribution < 1.29 is 19.0 Å². The molecule has 0 aliphatic rings. The molecule has 5 heteroatoms. The fourth-order valence-corrected chi connectivity index (χ4v) is 1.90. The normalized spacial score (nSPS) is 11.7. The monoisotopic (exact) mass is 275 g/mol. The number of nitrogens with one attached hydrogen (secondary N) is 1. The van der Waals surface area contributed by atoms with Crippen molar-refractivity contribution >= 4 is 11.7 Å². The average Bonchev–Trinajstić information content (AvgIpc) is 2.46. The van der Waals surface area contributed by atoms with Gasteiger partial charge in [0.25, 0.3) is 0 Å². The summed E-state index contributed by atoms with van der Waals surface area (Å²) in [5.41, 5.74) is 0.566. The lowest BCUT2D eigenvalue weighted by atomic mass is 10.1. The molecule has 0 bridgehead atoms. The SMILES string of the molecule is COc1ccccc1NC(C(=O)O)c1ccccc1F. The number of methoxy groups -OCH3 is 1. The molecule has 104 valence electrons. The maximum Gasteiger partial charge on any atom is 0.330 e. The van der Waals surface area contributed by atoms with E-state index in [-0.39, 0.29) is 5.56 Å². The third-order valence-corrected chi connectivity index (χ3v) is 2.87. The van der Waals surface area contributed by atoms with Gasteiger partial charge in [0.2, 0.25) is 0 Å². The number of benzene rings is 2. The first-order valence-corrected chi connectivity index (χ1v) is 6.00. The lowest BCUT2D eigenvalue weighted by Crippen LogP contribution is -2.21. The van der Waals surface area contributed by atoms with Crippen molar-refractivity contribution in [3.63, 3.8) is 0 Å². The zero-order chi connectivity index (χ0) is 14.5. The number of anilines is 1. The van der Waals surface area contributed by atoms with Gasteiger partial charge in [0.15, 0.2) is 6.04 Å². The number of para-hydroxylation sites is 2. The molecule has 1 atom stereocenters. The molecule has 0 amide bonds. The number of ether oxygens (including phenoxy) is 1. The molecule has 0 aliphatic carbocycles. The highest BCUT2D eigenvalue weighted by Gasteiger charge is 2.23. The summed E-state index contributed by atoms with van der Waals surface area (Å²) in [5, 5.41) is 12.1. The second-order valence-corrected chi connectivity index (χ2v) is 4.14. The number of rotatable bonds is 5. The lowest BCUT2D eigenvalue weighted by Gasteiger charge is -2.18. The molecule has 0 aromatic heterocycles. The molecule has 0 saturated heterocycles. The molecular weight excluding hydrogens is 261 g/mol. The minimum atomic E-state index is -1.19. The van der Waals surface area contributed by atoms with Gasteiger partial charge in [0, 0.05) is 5.56 Å². The maximum absolute atomic E-state index is 13.8. The molecule has 0 saturated carbocycles. The standard InChI is InChI=1S/C15H14FNO3/c1-20-13-9-5-4-8-12(13)17-14(15(18)19)10-6-2-3-7-11(10)16/h2-9,14,17H,1H3,(H,18,19). The lowest BCUT2D eigenvalue weighted by molar-refractivity contribution is -0.138. The summed E-state index contributed by atoms with van der Waals surface area (Å²) in [6.45, 7) is 0. The molecule has 0 fully saturated rings. The van der Waals surface area contributed by atoms with Crippen LogP contribution in [0.2, 0.25) is 0 Å². The van der Waals surface area contributed by atoms with Gasteiger partial charge in [-0.2, -0.15) is 0 Å². The Labute approximate surface area is 115 Å². The second kappa shape index (κ2) is 6.06. The van der Waals surface area contributed by atoms with Crippen LogP contribution < -0.4 is 10.1 Å². The number of carboxylic acid groups (broad SMARTS) is 1. The molecule has 2 N–H and O–H groups in total. The molecule has 2 aromatic rings. The van der Waals surface area contributed by atoms with Crippen LogP contribution in [0.5, 0.6) is 5.75 Å². The molecule has 20 heavy (non-hydrogen) atoms. The quantitative estimate of drug-likeness (QED) is 0.880. The van der Waals surface area contributed by atoms with E-state index in [1.54, 1.807) is 30.3 Å². The topological polar surface area (TPSA) is 58.6 Å². The molecule has 1 unspecified atom stereocenters. The molecular formula is C15H14FNO3. The number of hydrogen-bond acceptors (Lipinski definition) is 3. The summed E-state index contributed by atoms with van der Waals surface area (Å²) < 4.78 is 18.9. The fraction of sp³-hybridized carbons (Fsp3) is 0.133. The van der Waals surface area contributed by atoms with E-state index in [2.05, 4.69) is 5.32 Å². The van der Waals surface area contributed by atoms with E-state index in [4.69, 9.17) is 4.74 Å². The molecule has 4 nitrogen and oxygen atoms in total. The summed E-state index contributed by atoms with van der Waals surface area (Å²) in [5.74, 6) is -1.24. The molecule has 0 aliphatic heterocycles. The van der Waals surface area contributed by atoms with Gasteiger partial charge in [-0.15, -0.1) is 0 Å². The van der Waals surface area contributed by atoms with E-state index < -0.39 is 17.8 Å². The van der Waals surface area contributed by atoms with Gasteiger partial charge in [-0.25, -0.2) is 9.18 Å². The zero-order valence-corrected chi connectivity index (χ0v) is 10.8. The summed E-state index contributed by atoms with van der Waals surface area (Å²) in [7, 11) is 1.49. The Hall–Kier alpha value is -2.56. The number of carbonyl (C=O) groups is 1. The van der Waals surface area contributed by atoms with Crippen LogP contribution in [0, 0.1) is 5.82 Å². The van der Waals surface area contributed by atoms with E-state index >= 15 is 0 Å². The van der Waals surface area contributed by atoms with Crippen molar-refractivity contribution in [1.29, 1.82) is 0 Å². The fourth-order valence-electron chi connectivity index (χ4n) is 1.90. The summed E-state index contributed by atoms with van der Waals surface area (Å²) in [6, 6.07) is 11.5. The van der Waals surface area contributed by atoms with E-state index in [0.717, 1.165) is 0 Å². The highest BCUT2D eigenvalue weighted by atomic mass is 19.1. The molecule has 2 aromatic carbocycles. The first-order chi connectivity index (χ1) is 9.63. The molecule has 0 radical (unpaired) electrons. The predicted molar refractivity (Wildman–Crippen MR) is 73.4 cm³/mol. The largest absolute Gasteiger partial charge is 0.495 e. The first kappa shape index (κ1) is 13.9. The Balaban J connectivity index is 2.36. The van der Waals surface area contributed by atoms with Crippen molar-refractivity contribution in [2.75, 3.05) is 12.4 Å². The summed E-state index contributed by atoms with van der Waals surface area (Å²) in [6.07, 6.45) is 0. The van der Waals surface area contributed by atoms with Crippen LogP contribution in [-0.4, -0.2) is 18.2 Å². The van der Waals surface area contributed by atoms with Crippen LogP contribution in [0.3, 0.4) is 0 Å². The van der Waals surface area contributed by atoms with E-state index in [9.17, 15) is 14.3 Å². The minimum Gasteiger partial charge on any atom is -0.495 e. The smallest absolute Gasteiger partial charge is 0.330 e. The number of aliphatic carboxylic acids is 1. The molecule has 0 spiro atoms. The number of hydrogen-bond donors (Lipinski definition) is 2. The Morgan fingerprint density at radius 2 is 1.85 bits per heavy atom. The maximum atomic E-state index is 13.8. The van der Waals surface area contributed by atoms with Crippen molar-refractivity contribution in [3.8, 4) is 5.75 Å². The Morgan fingerprint density at radius 3 is 2.50 bits per heavy atom. The Morgan fingerprint density at radius 1 is 1.20 bits per heavy atom. The summed E-state index contributed by atoms with van der Waals surface area (Å²) >= 11 is 0. The third-order valence-electron chi connectivity index (χ3n) is 2.87. The van der Waals surface area contributed by atoms with Gasteiger partial charge in [0.1, 0.15) is 11.6 Å². The van der Waals surface area contributed by atoms with Crippen LogP contribution in [-0.2, 0) is 4.79 Å². The second-order valence-electron chi connectivity index (χ2n) is 4.14. The van der Waals surface area contributed by atoms with E-state index in [1.807, 2.05) is 0 Å². The minimum absolute atomic E-state index is 0.0749. The molecule has 2 rings (SSSR count). The van der Waals surface area contributed by atoms with Crippen LogP contribution in [0.15, 0.2) is 48.5 Å². The van der Waals surface area contributed by atoms with Crippen LogP contribution in [0.1, 0.15) is 11.6 Å². The Bertz CT molecular complexity index is 616. The predicted octanol–water partition coefficient (Wildman–Crippen LogP) is 3.07. The van der Waals surface area contributed by atoms with Gasteiger partial charge in [0.05, 0.1) is 12.8 Å². The number of carboxylic acids is 1. The van der Waals surface area contributed by atoms with Gasteiger partial charge < -0.3 is 15.2 Å². The van der Waals surface area contributed by atoms with Gasteiger partial charge in [-0.3, -0.25) is 0 Å². The van der Waals surface area contributed by atoms with E-state index in [1.165, 1.54) is 25.3 Å². The first-order valence-electron chi connectivity index (χ1n) is 6.00. The highest BCUT2D eigenvalue weighted by molar-refractivity contribution is 5.80. The van der Waals surface area contributed by atoms with Crippen LogP contribution >= 0.6 is 0 Å². The van der Waals surface area contributed by atoms with Crippen LogP contribution in [0.4, 0.5) is 10.1 Å². The van der Waals surface area contributed by atoms with Crippen molar-refractivity contribution in [2.45, 2.75) is 6.04 Å².